The molecule has 0 aliphatic rings. The summed E-state index contributed by atoms with van der Waals surface area (Å²) in [6.45, 7) is 0.753. The number of fused-ring (bicyclic) bond motifs is 1. The van der Waals surface area contributed by atoms with Crippen molar-refractivity contribution in [1.82, 2.24) is 20.2 Å². The van der Waals surface area contributed by atoms with Crippen molar-refractivity contribution in [2.75, 3.05) is 17.6 Å². The zero-order valence-electron chi connectivity index (χ0n) is 10.3. The van der Waals surface area contributed by atoms with E-state index in [1.807, 2.05) is 6.07 Å². The number of aromatic nitrogens is 4. The maximum atomic E-state index is 5.69. The lowest BCUT2D eigenvalue weighted by Gasteiger charge is -1.99. The van der Waals surface area contributed by atoms with Gasteiger partial charge in [-0.05, 0) is 24.6 Å². The molecule has 0 bridgehead atoms. The number of anilines is 2. The normalized spacial score (nSPS) is 10.9. The Morgan fingerprint density at radius 2 is 2.32 bits per heavy atom. The Morgan fingerprint density at radius 3 is 3.16 bits per heavy atom. The van der Waals surface area contributed by atoms with Gasteiger partial charge in [-0.1, -0.05) is 0 Å². The number of hydrogen-bond donors (Lipinski definition) is 3. The zero-order chi connectivity index (χ0) is 13.1. The summed E-state index contributed by atoms with van der Waals surface area (Å²) in [7, 11) is 0. The van der Waals surface area contributed by atoms with Crippen molar-refractivity contribution in [3.05, 3.63) is 30.4 Å². The van der Waals surface area contributed by atoms with E-state index >= 15 is 0 Å². The highest BCUT2D eigenvalue weighted by molar-refractivity contribution is 5.78. The molecular weight excluding hydrogens is 244 g/mol. The molecule has 4 N–H and O–H groups in total. The molecule has 2 heterocycles. The summed E-state index contributed by atoms with van der Waals surface area (Å²) in [4.78, 5) is 8.37. The Hall–Kier alpha value is -2.57. The van der Waals surface area contributed by atoms with Crippen molar-refractivity contribution in [2.24, 2.45) is 0 Å². The highest BCUT2D eigenvalue weighted by Gasteiger charge is 2.05. The van der Waals surface area contributed by atoms with Crippen LogP contribution >= 0.6 is 0 Å². The molecule has 7 heteroatoms. The SMILES string of the molecule is Nc1ccc2oc(NCCCc3ncn[nH]3)nc2c1. The minimum absolute atomic E-state index is 0.512. The van der Waals surface area contributed by atoms with Crippen LogP contribution in [0.5, 0.6) is 0 Å². The first-order valence-corrected chi connectivity index (χ1v) is 6.05. The molecule has 3 rings (SSSR count). The zero-order valence-corrected chi connectivity index (χ0v) is 10.3. The summed E-state index contributed by atoms with van der Waals surface area (Å²) in [5.74, 6) is 0.882. The molecular formula is C12H14N6O. The van der Waals surface area contributed by atoms with E-state index in [1.54, 1.807) is 12.1 Å². The lowest BCUT2D eigenvalue weighted by molar-refractivity contribution is 0.611. The summed E-state index contributed by atoms with van der Waals surface area (Å²) in [6.07, 6.45) is 3.25. The van der Waals surface area contributed by atoms with E-state index in [0.717, 1.165) is 36.3 Å². The summed E-state index contributed by atoms with van der Waals surface area (Å²) in [6, 6.07) is 5.91. The molecule has 0 radical (unpaired) electrons. The van der Waals surface area contributed by atoms with Gasteiger partial charge in [0.25, 0.3) is 6.01 Å². The van der Waals surface area contributed by atoms with E-state index in [4.69, 9.17) is 10.2 Å². The molecule has 0 saturated carbocycles. The molecule has 7 nitrogen and oxygen atoms in total. The van der Waals surface area contributed by atoms with Crippen molar-refractivity contribution in [3.8, 4) is 0 Å². The largest absolute Gasteiger partial charge is 0.424 e. The van der Waals surface area contributed by atoms with Crippen LogP contribution in [-0.4, -0.2) is 26.7 Å². The fourth-order valence-corrected chi connectivity index (χ4v) is 1.82. The molecule has 3 aromatic rings. The molecule has 1 aromatic carbocycles. The van der Waals surface area contributed by atoms with Gasteiger partial charge in [0.05, 0.1) is 0 Å². The van der Waals surface area contributed by atoms with E-state index in [-0.39, 0.29) is 0 Å². The van der Waals surface area contributed by atoms with Gasteiger partial charge >= 0.3 is 0 Å². The van der Waals surface area contributed by atoms with Crippen LogP contribution in [0.3, 0.4) is 0 Å². The Balaban J connectivity index is 1.56. The van der Waals surface area contributed by atoms with E-state index in [1.165, 1.54) is 6.33 Å². The van der Waals surface area contributed by atoms with Crippen LogP contribution in [0.2, 0.25) is 0 Å². The average Bonchev–Trinajstić information content (AvgIpc) is 3.02. The molecule has 0 atom stereocenters. The van der Waals surface area contributed by atoms with Crippen LogP contribution in [0.15, 0.2) is 28.9 Å². The number of nitrogens with zero attached hydrogens (tertiary/aromatic N) is 3. The van der Waals surface area contributed by atoms with Gasteiger partial charge in [0.15, 0.2) is 5.58 Å². The summed E-state index contributed by atoms with van der Waals surface area (Å²) in [5.41, 5.74) is 7.86. The summed E-state index contributed by atoms with van der Waals surface area (Å²) < 4.78 is 5.55. The van der Waals surface area contributed by atoms with Gasteiger partial charge in [-0.15, -0.1) is 0 Å². The second-order valence-corrected chi connectivity index (χ2v) is 4.21. The molecule has 0 amide bonds. The lowest BCUT2D eigenvalue weighted by atomic mass is 10.3. The van der Waals surface area contributed by atoms with Gasteiger partial charge in [0.2, 0.25) is 0 Å². The smallest absolute Gasteiger partial charge is 0.295 e. The third kappa shape index (κ3) is 2.65. The second kappa shape index (κ2) is 4.97. The monoisotopic (exact) mass is 258 g/mol. The fourth-order valence-electron chi connectivity index (χ4n) is 1.82. The number of aromatic amines is 1. The predicted molar refractivity (Wildman–Crippen MR) is 71.6 cm³/mol. The molecule has 0 fully saturated rings. The number of nitrogen functional groups attached to an aromatic ring is 1. The number of nitrogens with two attached hydrogens (primary N) is 1. The van der Waals surface area contributed by atoms with E-state index in [9.17, 15) is 0 Å². The number of benzene rings is 1. The highest BCUT2D eigenvalue weighted by atomic mass is 16.4. The quantitative estimate of drug-likeness (QED) is 0.474. The molecule has 98 valence electrons. The predicted octanol–water partition coefficient (Wildman–Crippen LogP) is 1.57. The molecule has 2 aromatic heterocycles. The van der Waals surface area contributed by atoms with Crippen molar-refractivity contribution in [2.45, 2.75) is 12.8 Å². The van der Waals surface area contributed by atoms with Crippen LogP contribution in [0.4, 0.5) is 11.7 Å². The van der Waals surface area contributed by atoms with Crippen LogP contribution < -0.4 is 11.1 Å². The number of oxazole rings is 1. The maximum Gasteiger partial charge on any atom is 0.295 e. The lowest BCUT2D eigenvalue weighted by Crippen LogP contribution is -2.03. The Kier molecular flexibility index (Phi) is 3.01. The third-order valence-corrected chi connectivity index (χ3v) is 2.74. The van der Waals surface area contributed by atoms with Gasteiger partial charge in [-0.25, -0.2) is 4.98 Å². The first-order chi connectivity index (χ1) is 9.31. The molecule has 0 aliphatic heterocycles. The first-order valence-electron chi connectivity index (χ1n) is 6.05. The summed E-state index contributed by atoms with van der Waals surface area (Å²) in [5, 5.41) is 9.75. The van der Waals surface area contributed by atoms with Crippen molar-refractivity contribution >= 4 is 22.8 Å². The number of rotatable bonds is 5. The molecule has 19 heavy (non-hydrogen) atoms. The van der Waals surface area contributed by atoms with E-state index < -0.39 is 0 Å². The van der Waals surface area contributed by atoms with Crippen molar-refractivity contribution < 1.29 is 4.42 Å². The third-order valence-electron chi connectivity index (χ3n) is 2.74. The second-order valence-electron chi connectivity index (χ2n) is 4.21. The Bertz CT molecular complexity index is 660. The van der Waals surface area contributed by atoms with Gasteiger partial charge < -0.3 is 15.5 Å². The van der Waals surface area contributed by atoms with Crippen LogP contribution in [-0.2, 0) is 6.42 Å². The van der Waals surface area contributed by atoms with E-state index in [2.05, 4.69) is 25.5 Å². The van der Waals surface area contributed by atoms with E-state index in [0.29, 0.717) is 11.7 Å². The van der Waals surface area contributed by atoms with Gasteiger partial charge in [-0.3, -0.25) is 5.10 Å². The van der Waals surface area contributed by atoms with Crippen molar-refractivity contribution in [1.29, 1.82) is 0 Å². The minimum atomic E-state index is 0.512. The van der Waals surface area contributed by atoms with Crippen LogP contribution in [0.1, 0.15) is 12.2 Å². The summed E-state index contributed by atoms with van der Waals surface area (Å²) >= 11 is 0. The first kappa shape index (κ1) is 11.5. The van der Waals surface area contributed by atoms with Gasteiger partial charge in [0, 0.05) is 18.7 Å². The average molecular weight is 258 g/mol. The number of hydrogen-bond acceptors (Lipinski definition) is 6. The Morgan fingerprint density at radius 1 is 1.37 bits per heavy atom. The van der Waals surface area contributed by atoms with Crippen molar-refractivity contribution in [3.63, 3.8) is 0 Å². The molecule has 0 aliphatic carbocycles. The standard InChI is InChI=1S/C12H14N6O/c13-8-3-4-10-9(6-8)17-12(19-10)14-5-1-2-11-15-7-16-18-11/h3-4,6-7H,1-2,5,13H2,(H,14,17)(H,15,16,18). The fraction of sp³-hybridized carbons (Fsp3) is 0.250. The van der Waals surface area contributed by atoms with Gasteiger partial charge in [0.1, 0.15) is 17.7 Å². The maximum absolute atomic E-state index is 5.69. The minimum Gasteiger partial charge on any atom is -0.424 e. The number of aryl methyl sites for hydroxylation is 1. The number of H-pyrrole nitrogens is 1. The molecule has 0 saturated heterocycles. The topological polar surface area (TPSA) is 106 Å². The molecule has 0 unspecified atom stereocenters. The highest BCUT2D eigenvalue weighted by Crippen LogP contribution is 2.20. The number of nitrogens with one attached hydrogen (secondary N) is 2. The Labute approximate surface area is 109 Å². The van der Waals surface area contributed by atoms with Gasteiger partial charge in [-0.2, -0.15) is 10.1 Å². The van der Waals surface area contributed by atoms with Crippen LogP contribution in [0.25, 0.3) is 11.1 Å². The molecule has 0 spiro atoms. The van der Waals surface area contributed by atoms with Crippen LogP contribution in [0, 0.1) is 0 Å².